The quantitative estimate of drug-likeness (QED) is 0.138. The van der Waals surface area contributed by atoms with Crippen LogP contribution in [-0.2, 0) is 14.3 Å². The number of carbonyl (C=O) groups excluding carboxylic acids is 2. The van der Waals surface area contributed by atoms with Gasteiger partial charge in [-0.25, -0.2) is 0 Å². The highest BCUT2D eigenvalue weighted by Gasteiger charge is 2.41. The standard InChI is InChI=1S/C31H26Br3NO3S/c1-19(36)38-30(22-10-7-13-25(34)18-22)29(31(37)35-26-14-3-4-15-27(26)39-2)28(20-8-5-11-23(32)16-20)21-9-6-12-24(33)17-21/h3-18,28-30H,1-2H3,(H,35,37). The van der Waals surface area contributed by atoms with Gasteiger partial charge in [0.05, 0.1) is 11.6 Å². The minimum atomic E-state index is -0.871. The zero-order chi connectivity index (χ0) is 27.9. The van der Waals surface area contributed by atoms with Crippen molar-refractivity contribution in [2.45, 2.75) is 23.8 Å². The number of hydrogen-bond donors (Lipinski definition) is 1. The lowest BCUT2D eigenvalue weighted by Crippen LogP contribution is -2.36. The number of thioether (sulfide) groups is 1. The highest BCUT2D eigenvalue weighted by molar-refractivity contribution is 9.11. The van der Waals surface area contributed by atoms with Gasteiger partial charge < -0.3 is 10.1 Å². The lowest BCUT2D eigenvalue weighted by molar-refractivity contribution is -0.151. The first-order valence-corrected chi connectivity index (χ1v) is 15.7. The molecule has 0 aliphatic carbocycles. The van der Waals surface area contributed by atoms with Crippen LogP contribution in [0.5, 0.6) is 0 Å². The fraction of sp³-hybridized carbons (Fsp3) is 0.161. The molecule has 1 amide bonds. The topological polar surface area (TPSA) is 55.4 Å². The molecule has 0 spiro atoms. The molecule has 2 unspecified atom stereocenters. The predicted molar refractivity (Wildman–Crippen MR) is 169 cm³/mol. The first kappa shape index (κ1) is 29.6. The second-order valence-corrected chi connectivity index (χ2v) is 12.5. The number of halogens is 3. The third kappa shape index (κ3) is 7.63. The van der Waals surface area contributed by atoms with Gasteiger partial charge in [-0.15, -0.1) is 11.8 Å². The largest absolute Gasteiger partial charge is 0.457 e. The summed E-state index contributed by atoms with van der Waals surface area (Å²) in [7, 11) is 0. The van der Waals surface area contributed by atoms with E-state index in [1.807, 2.05) is 103 Å². The minimum Gasteiger partial charge on any atom is -0.457 e. The summed E-state index contributed by atoms with van der Waals surface area (Å²) in [5.74, 6) is -2.00. The number of esters is 1. The summed E-state index contributed by atoms with van der Waals surface area (Å²) in [6.45, 7) is 1.37. The van der Waals surface area contributed by atoms with Gasteiger partial charge in [0, 0.05) is 31.2 Å². The van der Waals surface area contributed by atoms with Crippen LogP contribution in [-0.4, -0.2) is 18.1 Å². The molecule has 0 aromatic heterocycles. The molecule has 0 aliphatic heterocycles. The van der Waals surface area contributed by atoms with Gasteiger partial charge >= 0.3 is 5.97 Å². The van der Waals surface area contributed by atoms with Gasteiger partial charge in [0.25, 0.3) is 0 Å². The summed E-state index contributed by atoms with van der Waals surface area (Å²) in [4.78, 5) is 27.9. The zero-order valence-corrected chi connectivity index (χ0v) is 26.8. The highest BCUT2D eigenvalue weighted by atomic mass is 79.9. The lowest BCUT2D eigenvalue weighted by atomic mass is 9.75. The van der Waals surface area contributed by atoms with Gasteiger partial charge in [0.15, 0.2) is 0 Å². The van der Waals surface area contributed by atoms with Gasteiger partial charge in [-0.3, -0.25) is 9.59 Å². The third-order valence-electron chi connectivity index (χ3n) is 6.24. The molecular formula is C31H26Br3NO3S. The van der Waals surface area contributed by atoms with Crippen molar-refractivity contribution in [1.82, 2.24) is 0 Å². The molecule has 0 saturated heterocycles. The number of rotatable bonds is 9. The third-order valence-corrected chi connectivity index (χ3v) is 8.51. The Kier molecular flexibility index (Phi) is 10.5. The maximum Gasteiger partial charge on any atom is 0.303 e. The molecule has 0 saturated carbocycles. The SMILES string of the molecule is CSc1ccccc1NC(=O)C(C(OC(C)=O)c1cccc(Br)c1)C(c1cccc(Br)c1)c1cccc(Br)c1. The Morgan fingerprint density at radius 1 is 0.744 bits per heavy atom. The Hall–Kier alpha value is -2.39. The number of anilines is 1. The number of para-hydroxylation sites is 1. The maximum atomic E-state index is 14.5. The number of carbonyl (C=O) groups is 2. The van der Waals surface area contributed by atoms with Crippen molar-refractivity contribution in [1.29, 1.82) is 0 Å². The van der Waals surface area contributed by atoms with Crippen LogP contribution in [0.1, 0.15) is 35.6 Å². The summed E-state index contributed by atoms with van der Waals surface area (Å²) >= 11 is 12.3. The number of nitrogens with one attached hydrogen (secondary N) is 1. The molecule has 200 valence electrons. The van der Waals surface area contributed by atoms with Crippen molar-refractivity contribution < 1.29 is 14.3 Å². The Balaban J connectivity index is 1.96. The number of benzene rings is 4. The van der Waals surface area contributed by atoms with E-state index in [9.17, 15) is 9.59 Å². The number of hydrogen-bond acceptors (Lipinski definition) is 4. The van der Waals surface area contributed by atoms with Crippen molar-refractivity contribution in [2.75, 3.05) is 11.6 Å². The van der Waals surface area contributed by atoms with Gasteiger partial charge in [-0.05, 0) is 71.5 Å². The van der Waals surface area contributed by atoms with Gasteiger partial charge in [-0.1, -0.05) is 96.3 Å². The van der Waals surface area contributed by atoms with E-state index in [4.69, 9.17) is 4.74 Å². The van der Waals surface area contributed by atoms with E-state index >= 15 is 0 Å². The molecule has 8 heteroatoms. The molecule has 4 aromatic carbocycles. The van der Waals surface area contributed by atoms with Gasteiger partial charge in [0.2, 0.25) is 5.91 Å². The van der Waals surface area contributed by atoms with Crippen molar-refractivity contribution in [3.63, 3.8) is 0 Å². The first-order chi connectivity index (χ1) is 18.8. The zero-order valence-electron chi connectivity index (χ0n) is 21.2. The van der Waals surface area contributed by atoms with Crippen LogP contribution in [0, 0.1) is 5.92 Å². The molecule has 0 radical (unpaired) electrons. The summed E-state index contributed by atoms with van der Waals surface area (Å²) in [5, 5.41) is 3.16. The smallest absolute Gasteiger partial charge is 0.303 e. The molecule has 0 aliphatic rings. The van der Waals surface area contributed by atoms with Crippen LogP contribution in [0.15, 0.2) is 115 Å². The van der Waals surface area contributed by atoms with Crippen LogP contribution in [0.3, 0.4) is 0 Å². The molecule has 0 bridgehead atoms. The van der Waals surface area contributed by atoms with E-state index in [0.717, 1.165) is 29.4 Å². The monoisotopic (exact) mass is 729 g/mol. The molecular weight excluding hydrogens is 706 g/mol. The molecule has 0 heterocycles. The fourth-order valence-corrected chi connectivity index (χ4v) is 6.45. The molecule has 0 fully saturated rings. The predicted octanol–water partition coefficient (Wildman–Crippen LogP) is 9.39. The van der Waals surface area contributed by atoms with Gasteiger partial charge in [0.1, 0.15) is 6.10 Å². The molecule has 4 aromatic rings. The van der Waals surface area contributed by atoms with Crippen LogP contribution in [0.2, 0.25) is 0 Å². The average molecular weight is 732 g/mol. The number of amides is 1. The Morgan fingerprint density at radius 2 is 1.26 bits per heavy atom. The van der Waals surface area contributed by atoms with Crippen LogP contribution in [0.25, 0.3) is 0 Å². The van der Waals surface area contributed by atoms with E-state index in [1.54, 1.807) is 11.8 Å². The van der Waals surface area contributed by atoms with E-state index in [-0.39, 0.29) is 5.91 Å². The van der Waals surface area contributed by atoms with E-state index in [2.05, 4.69) is 53.1 Å². The summed E-state index contributed by atoms with van der Waals surface area (Å²) in [6.07, 6.45) is 1.10. The summed E-state index contributed by atoms with van der Waals surface area (Å²) < 4.78 is 8.60. The summed E-state index contributed by atoms with van der Waals surface area (Å²) in [5.41, 5.74) is 3.24. The van der Waals surface area contributed by atoms with Crippen molar-refractivity contribution >= 4 is 77.1 Å². The Morgan fingerprint density at radius 3 is 1.77 bits per heavy atom. The van der Waals surface area contributed by atoms with Crippen LogP contribution in [0.4, 0.5) is 5.69 Å². The summed E-state index contributed by atoms with van der Waals surface area (Å²) in [6, 6.07) is 31.0. The van der Waals surface area contributed by atoms with Crippen molar-refractivity contribution in [3.05, 3.63) is 127 Å². The second kappa shape index (κ2) is 13.8. The molecule has 39 heavy (non-hydrogen) atoms. The second-order valence-electron chi connectivity index (χ2n) is 8.89. The van der Waals surface area contributed by atoms with Crippen LogP contribution >= 0.6 is 59.6 Å². The normalized spacial score (nSPS) is 12.6. The number of ether oxygens (including phenoxy) is 1. The Labute approximate surface area is 258 Å². The highest BCUT2D eigenvalue weighted by Crippen LogP contribution is 2.44. The van der Waals surface area contributed by atoms with E-state index in [0.29, 0.717) is 11.3 Å². The molecule has 1 N–H and O–H groups in total. The maximum absolute atomic E-state index is 14.5. The van der Waals surface area contributed by atoms with Crippen molar-refractivity contribution in [3.8, 4) is 0 Å². The molecule has 4 rings (SSSR count). The molecule has 4 nitrogen and oxygen atoms in total. The van der Waals surface area contributed by atoms with Crippen LogP contribution < -0.4 is 5.32 Å². The van der Waals surface area contributed by atoms with Crippen molar-refractivity contribution in [2.24, 2.45) is 5.92 Å². The Bertz CT molecular complexity index is 1430. The fourth-order valence-electron chi connectivity index (χ4n) is 4.65. The first-order valence-electron chi connectivity index (χ1n) is 12.1. The lowest BCUT2D eigenvalue weighted by Gasteiger charge is -2.34. The van der Waals surface area contributed by atoms with Gasteiger partial charge in [-0.2, -0.15) is 0 Å². The molecule has 2 atom stereocenters. The van der Waals surface area contributed by atoms with E-state index in [1.165, 1.54) is 6.92 Å². The minimum absolute atomic E-state index is 0.257. The van der Waals surface area contributed by atoms with E-state index < -0.39 is 23.9 Å². The average Bonchev–Trinajstić information content (AvgIpc) is 2.90.